The molecule has 0 fully saturated rings. The first-order valence-electron chi connectivity index (χ1n) is 5.17. The highest BCUT2D eigenvalue weighted by atomic mass is 16.4. The van der Waals surface area contributed by atoms with Gasteiger partial charge in [0, 0.05) is 0 Å². The number of aromatic nitrogens is 4. The molecule has 0 radical (unpaired) electrons. The van der Waals surface area contributed by atoms with Gasteiger partial charge in [0.1, 0.15) is 18.3 Å². The molecule has 3 heterocycles. The maximum Gasteiger partial charge on any atom is 0.354 e. The summed E-state index contributed by atoms with van der Waals surface area (Å²) in [5.41, 5.74) is 1.11. The van der Waals surface area contributed by atoms with Gasteiger partial charge in [-0.25, -0.2) is 19.7 Å². The summed E-state index contributed by atoms with van der Waals surface area (Å²) in [7, 11) is 0. The molecule has 0 spiro atoms. The Morgan fingerprint density at radius 1 is 1.39 bits per heavy atom. The summed E-state index contributed by atoms with van der Waals surface area (Å²) in [6.07, 6.45) is 4.60. The minimum atomic E-state index is -1.07. The molecule has 0 aliphatic heterocycles. The lowest BCUT2D eigenvalue weighted by atomic mass is 10.3. The minimum absolute atomic E-state index is 0.0170. The van der Waals surface area contributed by atoms with Crippen LogP contribution in [-0.4, -0.2) is 30.6 Å². The molecule has 7 heteroatoms. The Morgan fingerprint density at radius 3 is 3.00 bits per heavy atom. The van der Waals surface area contributed by atoms with Gasteiger partial charge >= 0.3 is 5.97 Å². The summed E-state index contributed by atoms with van der Waals surface area (Å²) in [5.74, 6) is -0.558. The minimum Gasteiger partial charge on any atom is -0.477 e. The fourth-order valence-corrected chi connectivity index (χ4v) is 1.65. The number of nitrogens with zero attached hydrogens (tertiary/aromatic N) is 4. The van der Waals surface area contributed by atoms with Crippen molar-refractivity contribution in [2.24, 2.45) is 0 Å². The summed E-state index contributed by atoms with van der Waals surface area (Å²) in [6.45, 7) is 0.361. The number of carbonyl (C=O) groups is 1. The van der Waals surface area contributed by atoms with Crippen molar-refractivity contribution in [3.8, 4) is 0 Å². The molecule has 0 amide bonds. The molecular weight excluding hydrogens is 236 g/mol. The van der Waals surface area contributed by atoms with E-state index in [0.29, 0.717) is 23.6 Å². The zero-order chi connectivity index (χ0) is 12.5. The Balaban J connectivity index is 2.06. The molecule has 0 unspecified atom stereocenters. The van der Waals surface area contributed by atoms with E-state index in [0.717, 1.165) is 0 Å². The van der Waals surface area contributed by atoms with Gasteiger partial charge in [-0.3, -0.25) is 0 Å². The molecule has 90 valence electrons. The van der Waals surface area contributed by atoms with Gasteiger partial charge in [-0.1, -0.05) is 0 Å². The van der Waals surface area contributed by atoms with Crippen molar-refractivity contribution < 1.29 is 14.3 Å². The van der Waals surface area contributed by atoms with E-state index in [4.69, 9.17) is 9.52 Å². The second-order valence-electron chi connectivity index (χ2n) is 3.64. The molecule has 0 aliphatic carbocycles. The van der Waals surface area contributed by atoms with Crippen LogP contribution in [0.5, 0.6) is 0 Å². The average molecular weight is 244 g/mol. The van der Waals surface area contributed by atoms with Crippen molar-refractivity contribution in [1.29, 1.82) is 0 Å². The number of rotatable bonds is 3. The smallest absolute Gasteiger partial charge is 0.354 e. The highest BCUT2D eigenvalue weighted by molar-refractivity contribution is 5.88. The van der Waals surface area contributed by atoms with E-state index >= 15 is 0 Å². The first-order valence-corrected chi connectivity index (χ1v) is 5.17. The highest BCUT2D eigenvalue weighted by Crippen LogP contribution is 2.12. The van der Waals surface area contributed by atoms with Crippen LogP contribution in [0.2, 0.25) is 0 Å². The lowest BCUT2D eigenvalue weighted by Crippen LogP contribution is -2.04. The Kier molecular flexibility index (Phi) is 2.30. The maximum absolute atomic E-state index is 10.9. The number of aromatic carboxylic acids is 1. The van der Waals surface area contributed by atoms with Crippen LogP contribution in [0.1, 0.15) is 16.4 Å². The van der Waals surface area contributed by atoms with Crippen LogP contribution in [0.4, 0.5) is 0 Å². The normalized spacial score (nSPS) is 10.9. The number of hydrogen-bond acceptors (Lipinski definition) is 5. The van der Waals surface area contributed by atoms with E-state index in [-0.39, 0.29) is 5.69 Å². The molecule has 0 aliphatic rings. The molecule has 0 bridgehead atoms. The van der Waals surface area contributed by atoms with Crippen molar-refractivity contribution in [2.75, 3.05) is 0 Å². The van der Waals surface area contributed by atoms with Gasteiger partial charge in [0.2, 0.25) is 5.89 Å². The van der Waals surface area contributed by atoms with Crippen molar-refractivity contribution >= 4 is 17.1 Å². The quantitative estimate of drug-likeness (QED) is 0.743. The van der Waals surface area contributed by atoms with Crippen molar-refractivity contribution in [3.63, 3.8) is 0 Å². The highest BCUT2D eigenvalue weighted by Gasteiger charge is 2.11. The Bertz CT molecular complexity index is 702. The number of pyridine rings is 1. The van der Waals surface area contributed by atoms with Crippen LogP contribution in [0.15, 0.2) is 35.3 Å². The van der Waals surface area contributed by atoms with E-state index in [1.54, 1.807) is 23.2 Å². The van der Waals surface area contributed by atoms with Crippen LogP contribution in [-0.2, 0) is 6.54 Å². The number of oxazole rings is 1. The van der Waals surface area contributed by atoms with Crippen LogP contribution in [0, 0.1) is 0 Å². The number of fused-ring (bicyclic) bond motifs is 1. The number of carboxylic acids is 1. The third-order valence-corrected chi connectivity index (χ3v) is 2.47. The predicted molar refractivity (Wildman–Crippen MR) is 60.1 cm³/mol. The van der Waals surface area contributed by atoms with E-state index in [1.165, 1.54) is 12.3 Å². The molecule has 18 heavy (non-hydrogen) atoms. The van der Waals surface area contributed by atoms with Gasteiger partial charge in [-0.2, -0.15) is 0 Å². The molecule has 1 N–H and O–H groups in total. The molecule has 0 saturated carbocycles. The molecule has 0 aromatic carbocycles. The molecule has 3 aromatic heterocycles. The van der Waals surface area contributed by atoms with Crippen LogP contribution in [0.3, 0.4) is 0 Å². The average Bonchev–Trinajstić information content (AvgIpc) is 2.99. The summed E-state index contributed by atoms with van der Waals surface area (Å²) in [6, 6.07) is 3.05. The van der Waals surface area contributed by atoms with Gasteiger partial charge in [-0.05, 0) is 12.1 Å². The zero-order valence-corrected chi connectivity index (χ0v) is 9.15. The first kappa shape index (κ1) is 10.5. The topological polar surface area (TPSA) is 94.0 Å². The van der Waals surface area contributed by atoms with E-state index < -0.39 is 5.97 Å². The number of carboxylic acid groups (broad SMARTS) is 1. The standard InChI is InChI=1S/C11H8N4O3/c16-11(17)8-2-1-7-10(14-8)15(6-13-7)5-9-12-3-4-18-9/h1-4,6H,5H2,(H,16,17). The third-order valence-electron chi connectivity index (χ3n) is 2.47. The Labute approximate surface area is 101 Å². The first-order chi connectivity index (χ1) is 8.74. The summed E-state index contributed by atoms with van der Waals surface area (Å²) in [4.78, 5) is 23.1. The van der Waals surface area contributed by atoms with Gasteiger partial charge in [-0.15, -0.1) is 0 Å². The van der Waals surface area contributed by atoms with E-state index in [9.17, 15) is 4.79 Å². The molecule has 7 nitrogen and oxygen atoms in total. The Morgan fingerprint density at radius 2 is 2.28 bits per heavy atom. The fraction of sp³-hybridized carbons (Fsp3) is 0.0909. The zero-order valence-electron chi connectivity index (χ0n) is 9.15. The summed E-state index contributed by atoms with van der Waals surface area (Å²) >= 11 is 0. The Hall–Kier alpha value is -2.70. The molecule has 3 rings (SSSR count). The predicted octanol–water partition coefficient (Wildman–Crippen LogP) is 1.17. The van der Waals surface area contributed by atoms with E-state index in [1.807, 2.05) is 0 Å². The van der Waals surface area contributed by atoms with Gasteiger partial charge < -0.3 is 14.1 Å². The summed E-state index contributed by atoms with van der Waals surface area (Å²) in [5, 5.41) is 8.91. The van der Waals surface area contributed by atoms with Gasteiger partial charge in [0.15, 0.2) is 11.3 Å². The monoisotopic (exact) mass is 244 g/mol. The lowest BCUT2D eigenvalue weighted by molar-refractivity contribution is 0.0691. The van der Waals surface area contributed by atoms with Crippen LogP contribution < -0.4 is 0 Å². The number of imidazole rings is 1. The van der Waals surface area contributed by atoms with Gasteiger partial charge in [0.05, 0.1) is 12.5 Å². The SMILES string of the molecule is O=C(O)c1ccc2ncn(Cc3ncco3)c2n1. The van der Waals surface area contributed by atoms with Crippen molar-refractivity contribution in [3.05, 3.63) is 42.5 Å². The molecule has 3 aromatic rings. The second-order valence-corrected chi connectivity index (χ2v) is 3.64. The third kappa shape index (κ3) is 1.71. The largest absolute Gasteiger partial charge is 0.477 e. The van der Waals surface area contributed by atoms with Crippen LogP contribution in [0.25, 0.3) is 11.2 Å². The molecule has 0 atom stereocenters. The second kappa shape index (κ2) is 3.95. The van der Waals surface area contributed by atoms with Gasteiger partial charge in [0.25, 0.3) is 0 Å². The maximum atomic E-state index is 10.9. The summed E-state index contributed by atoms with van der Waals surface area (Å²) < 4.78 is 6.82. The number of hydrogen-bond donors (Lipinski definition) is 1. The molecule has 0 saturated heterocycles. The van der Waals surface area contributed by atoms with Crippen molar-refractivity contribution in [2.45, 2.75) is 6.54 Å². The molecular formula is C11H8N4O3. The van der Waals surface area contributed by atoms with Crippen LogP contribution >= 0.6 is 0 Å². The lowest BCUT2D eigenvalue weighted by Gasteiger charge is -2.00. The van der Waals surface area contributed by atoms with E-state index in [2.05, 4.69) is 15.0 Å². The fourth-order valence-electron chi connectivity index (χ4n) is 1.65. The van der Waals surface area contributed by atoms with Crippen molar-refractivity contribution in [1.82, 2.24) is 19.5 Å².